The lowest BCUT2D eigenvalue weighted by Crippen LogP contribution is -2.45. The zero-order valence-corrected chi connectivity index (χ0v) is 15.1. The van der Waals surface area contributed by atoms with E-state index in [9.17, 15) is 19.1 Å². The molecular formula is C21H22FNO4. The molecule has 1 aliphatic heterocycles. The van der Waals surface area contributed by atoms with Crippen molar-refractivity contribution >= 4 is 11.9 Å². The fourth-order valence-electron chi connectivity index (χ4n) is 3.38. The van der Waals surface area contributed by atoms with Crippen LogP contribution in [0.25, 0.3) is 0 Å². The second-order valence-electron chi connectivity index (χ2n) is 7.00. The van der Waals surface area contributed by atoms with Crippen molar-refractivity contribution in [1.82, 2.24) is 4.90 Å². The van der Waals surface area contributed by atoms with Gasteiger partial charge in [0.05, 0.1) is 11.5 Å². The first kappa shape index (κ1) is 18.9. The van der Waals surface area contributed by atoms with Crippen LogP contribution in [-0.2, 0) is 11.4 Å². The molecule has 1 heterocycles. The van der Waals surface area contributed by atoms with Crippen molar-refractivity contribution < 1.29 is 23.8 Å². The molecule has 0 aromatic heterocycles. The molecule has 0 aliphatic carbocycles. The number of likely N-dealkylation sites (tertiary alicyclic amines) is 1. The standard InChI is InChI=1S/C21H22FNO4/c1-14-10-16(21(25)26)12-23(11-14)20(24)18-4-2-3-5-19(18)27-13-15-6-8-17(22)9-7-15/h2-9,14,16H,10-13H2,1H3,(H,25,26). The maximum Gasteiger partial charge on any atom is 0.308 e. The number of carboxylic acids is 1. The Bertz CT molecular complexity index is 821. The van der Waals surface area contributed by atoms with Gasteiger partial charge in [0.1, 0.15) is 18.2 Å². The second kappa shape index (κ2) is 8.20. The molecule has 2 atom stereocenters. The fraction of sp³-hybridized carbons (Fsp3) is 0.333. The highest BCUT2D eigenvalue weighted by molar-refractivity contribution is 5.97. The minimum atomic E-state index is -0.875. The van der Waals surface area contributed by atoms with E-state index in [1.165, 1.54) is 12.1 Å². The van der Waals surface area contributed by atoms with Gasteiger partial charge < -0.3 is 14.7 Å². The molecule has 1 aliphatic rings. The quantitative estimate of drug-likeness (QED) is 0.872. The molecule has 1 N–H and O–H groups in total. The van der Waals surface area contributed by atoms with E-state index in [4.69, 9.17) is 4.74 Å². The number of piperidine rings is 1. The largest absolute Gasteiger partial charge is 0.488 e. The van der Waals surface area contributed by atoms with Gasteiger partial charge in [0, 0.05) is 13.1 Å². The van der Waals surface area contributed by atoms with Crippen molar-refractivity contribution in [2.45, 2.75) is 20.0 Å². The number of aliphatic carboxylic acids is 1. The smallest absolute Gasteiger partial charge is 0.308 e. The number of carboxylic acid groups (broad SMARTS) is 1. The highest BCUT2D eigenvalue weighted by atomic mass is 19.1. The third kappa shape index (κ3) is 4.64. The molecule has 0 bridgehead atoms. The van der Waals surface area contributed by atoms with Gasteiger partial charge in [-0.15, -0.1) is 0 Å². The van der Waals surface area contributed by atoms with Crippen molar-refractivity contribution in [3.63, 3.8) is 0 Å². The lowest BCUT2D eigenvalue weighted by atomic mass is 9.90. The summed E-state index contributed by atoms with van der Waals surface area (Å²) in [5.74, 6) is -1.43. The highest BCUT2D eigenvalue weighted by Crippen LogP contribution is 2.27. The predicted octanol–water partition coefficient (Wildman–Crippen LogP) is 3.59. The van der Waals surface area contributed by atoms with Crippen molar-refractivity contribution in [3.05, 3.63) is 65.5 Å². The molecule has 0 spiro atoms. The van der Waals surface area contributed by atoms with Crippen LogP contribution in [0.3, 0.4) is 0 Å². The summed E-state index contributed by atoms with van der Waals surface area (Å²) in [6, 6.07) is 12.9. The molecule has 2 unspecified atom stereocenters. The SMILES string of the molecule is CC1CC(C(=O)O)CN(C(=O)c2ccccc2OCc2ccc(F)cc2)C1. The Kier molecular flexibility index (Phi) is 5.74. The molecule has 1 saturated heterocycles. The zero-order valence-electron chi connectivity index (χ0n) is 15.1. The maximum absolute atomic E-state index is 13.0. The fourth-order valence-corrected chi connectivity index (χ4v) is 3.38. The summed E-state index contributed by atoms with van der Waals surface area (Å²) in [5.41, 5.74) is 1.19. The van der Waals surface area contributed by atoms with Gasteiger partial charge in [0.25, 0.3) is 5.91 Å². The Morgan fingerprint density at radius 2 is 1.85 bits per heavy atom. The number of halogens is 1. The van der Waals surface area contributed by atoms with Gasteiger partial charge in [0.15, 0.2) is 0 Å². The van der Waals surface area contributed by atoms with Crippen molar-refractivity contribution in [2.75, 3.05) is 13.1 Å². The van der Waals surface area contributed by atoms with E-state index in [2.05, 4.69) is 0 Å². The van der Waals surface area contributed by atoms with Crippen LogP contribution in [0.4, 0.5) is 4.39 Å². The second-order valence-corrected chi connectivity index (χ2v) is 7.00. The van der Waals surface area contributed by atoms with E-state index < -0.39 is 11.9 Å². The number of rotatable bonds is 5. The van der Waals surface area contributed by atoms with Gasteiger partial charge in [-0.1, -0.05) is 31.2 Å². The van der Waals surface area contributed by atoms with Gasteiger partial charge in [0.2, 0.25) is 0 Å². The first-order valence-electron chi connectivity index (χ1n) is 8.92. The number of hydrogen-bond acceptors (Lipinski definition) is 3. The van der Waals surface area contributed by atoms with E-state index in [0.29, 0.717) is 24.3 Å². The van der Waals surface area contributed by atoms with E-state index in [-0.39, 0.29) is 30.8 Å². The summed E-state index contributed by atoms with van der Waals surface area (Å²) in [6.45, 7) is 2.88. The highest BCUT2D eigenvalue weighted by Gasteiger charge is 2.33. The number of benzene rings is 2. The maximum atomic E-state index is 13.0. The Morgan fingerprint density at radius 3 is 2.56 bits per heavy atom. The molecular weight excluding hydrogens is 349 g/mol. The lowest BCUT2D eigenvalue weighted by Gasteiger charge is -2.35. The summed E-state index contributed by atoms with van der Waals surface area (Å²) in [6.07, 6.45) is 0.571. The molecule has 27 heavy (non-hydrogen) atoms. The number of carbonyl (C=O) groups is 2. The zero-order chi connectivity index (χ0) is 19.4. The van der Waals surface area contributed by atoms with Crippen LogP contribution in [-0.4, -0.2) is 35.0 Å². The third-order valence-electron chi connectivity index (χ3n) is 4.72. The Morgan fingerprint density at radius 1 is 1.15 bits per heavy atom. The van der Waals surface area contributed by atoms with Crippen LogP contribution in [0.1, 0.15) is 29.3 Å². The molecule has 0 saturated carbocycles. The summed E-state index contributed by atoms with van der Waals surface area (Å²) < 4.78 is 18.8. The number of amides is 1. The lowest BCUT2D eigenvalue weighted by molar-refractivity contribution is -0.143. The predicted molar refractivity (Wildman–Crippen MR) is 98.0 cm³/mol. The van der Waals surface area contributed by atoms with Crippen molar-refractivity contribution in [3.8, 4) is 5.75 Å². The van der Waals surface area contributed by atoms with Crippen LogP contribution >= 0.6 is 0 Å². The summed E-state index contributed by atoms with van der Waals surface area (Å²) in [5, 5.41) is 9.32. The third-order valence-corrected chi connectivity index (χ3v) is 4.72. The minimum absolute atomic E-state index is 0.121. The summed E-state index contributed by atoms with van der Waals surface area (Å²) in [7, 11) is 0. The van der Waals surface area contributed by atoms with Crippen molar-refractivity contribution in [2.24, 2.45) is 11.8 Å². The van der Waals surface area contributed by atoms with Crippen LogP contribution < -0.4 is 4.74 Å². The molecule has 142 valence electrons. The van der Waals surface area contributed by atoms with Gasteiger partial charge in [-0.3, -0.25) is 9.59 Å². The van der Waals surface area contributed by atoms with Crippen LogP contribution in [0.5, 0.6) is 5.75 Å². The monoisotopic (exact) mass is 371 g/mol. The Hall–Kier alpha value is -2.89. The minimum Gasteiger partial charge on any atom is -0.488 e. The molecule has 6 heteroatoms. The molecule has 1 fully saturated rings. The number of para-hydroxylation sites is 1. The number of hydrogen-bond donors (Lipinski definition) is 1. The van der Waals surface area contributed by atoms with E-state index in [1.807, 2.05) is 6.92 Å². The van der Waals surface area contributed by atoms with Gasteiger partial charge in [-0.05, 0) is 42.2 Å². The molecule has 1 amide bonds. The van der Waals surface area contributed by atoms with Crippen LogP contribution in [0.2, 0.25) is 0 Å². The van der Waals surface area contributed by atoms with E-state index in [1.54, 1.807) is 41.3 Å². The number of nitrogens with zero attached hydrogens (tertiary/aromatic N) is 1. The number of carbonyl (C=O) groups excluding carboxylic acids is 1. The first-order chi connectivity index (χ1) is 12.9. The van der Waals surface area contributed by atoms with E-state index >= 15 is 0 Å². The Balaban J connectivity index is 1.75. The van der Waals surface area contributed by atoms with Crippen LogP contribution in [0.15, 0.2) is 48.5 Å². The molecule has 5 nitrogen and oxygen atoms in total. The molecule has 2 aromatic rings. The molecule has 2 aromatic carbocycles. The van der Waals surface area contributed by atoms with Gasteiger partial charge in [-0.25, -0.2) is 4.39 Å². The Labute approximate surface area is 157 Å². The normalized spacial score (nSPS) is 19.6. The van der Waals surface area contributed by atoms with E-state index in [0.717, 1.165) is 5.56 Å². The molecule has 0 radical (unpaired) electrons. The average Bonchev–Trinajstić information content (AvgIpc) is 2.66. The van der Waals surface area contributed by atoms with Crippen molar-refractivity contribution in [1.29, 1.82) is 0 Å². The van der Waals surface area contributed by atoms with Crippen LogP contribution in [0, 0.1) is 17.7 Å². The number of ether oxygens (including phenoxy) is 1. The summed E-state index contributed by atoms with van der Waals surface area (Å²) in [4.78, 5) is 25.9. The topological polar surface area (TPSA) is 66.8 Å². The molecule has 3 rings (SSSR count). The summed E-state index contributed by atoms with van der Waals surface area (Å²) >= 11 is 0. The average molecular weight is 371 g/mol. The van der Waals surface area contributed by atoms with Gasteiger partial charge >= 0.3 is 5.97 Å². The first-order valence-corrected chi connectivity index (χ1v) is 8.92. The van der Waals surface area contributed by atoms with Gasteiger partial charge in [-0.2, -0.15) is 0 Å².